The van der Waals surface area contributed by atoms with E-state index in [0.717, 1.165) is 5.56 Å². The van der Waals surface area contributed by atoms with Crippen LogP contribution in [-0.4, -0.2) is 27.6 Å². The number of hydrogen-bond donors (Lipinski definition) is 1. The number of hydrogen-bond acceptors (Lipinski definition) is 6. The number of nitrogens with one attached hydrogen (secondary N) is 1. The van der Waals surface area contributed by atoms with Crippen molar-refractivity contribution >= 4 is 39.9 Å². The van der Waals surface area contributed by atoms with E-state index < -0.39 is 0 Å². The van der Waals surface area contributed by atoms with Gasteiger partial charge in [-0.1, -0.05) is 91.5 Å². The van der Waals surface area contributed by atoms with Gasteiger partial charge >= 0.3 is 0 Å². The molecule has 3 rings (SSSR count). The fourth-order valence-electron chi connectivity index (χ4n) is 2.52. The molecule has 3 aromatic rings. The van der Waals surface area contributed by atoms with E-state index in [-0.39, 0.29) is 23.9 Å². The Hall–Kier alpha value is -2.51. The summed E-state index contributed by atoms with van der Waals surface area (Å²) in [4.78, 5) is 24.4. The zero-order valence-electron chi connectivity index (χ0n) is 15.7. The van der Waals surface area contributed by atoms with E-state index >= 15 is 0 Å². The van der Waals surface area contributed by atoms with Crippen LogP contribution in [0, 0.1) is 0 Å². The Morgan fingerprint density at radius 2 is 1.75 bits per heavy atom. The number of benzene rings is 2. The number of Topliss-reactive ketones (excluding diaryl/α,β-unsaturated/α-hetero) is 1. The molecule has 0 aliphatic rings. The van der Waals surface area contributed by atoms with Gasteiger partial charge < -0.3 is 5.32 Å². The summed E-state index contributed by atoms with van der Waals surface area (Å²) in [5.74, 6) is 0.657. The normalized spacial score (nSPS) is 10.8. The Morgan fingerprint density at radius 3 is 2.43 bits per heavy atom. The molecule has 0 aliphatic heterocycles. The van der Waals surface area contributed by atoms with Crippen LogP contribution in [0.5, 0.6) is 0 Å². The van der Waals surface area contributed by atoms with Gasteiger partial charge in [-0.25, -0.2) is 0 Å². The number of aromatic nitrogens is 2. The van der Waals surface area contributed by atoms with Crippen molar-refractivity contribution in [1.29, 1.82) is 0 Å². The molecule has 0 radical (unpaired) electrons. The van der Waals surface area contributed by atoms with Gasteiger partial charge in [-0.3, -0.25) is 9.59 Å². The smallest absolute Gasteiger partial charge is 0.230 e. The van der Waals surface area contributed by atoms with E-state index in [0.29, 0.717) is 21.0 Å². The Bertz CT molecular complexity index is 938. The topological polar surface area (TPSA) is 72.0 Å². The second-order valence-electron chi connectivity index (χ2n) is 6.57. The number of amides is 1. The Morgan fingerprint density at radius 1 is 1.04 bits per heavy atom. The van der Waals surface area contributed by atoms with Crippen LogP contribution in [0.15, 0.2) is 58.9 Å². The van der Waals surface area contributed by atoms with Gasteiger partial charge in [0.05, 0.1) is 12.2 Å². The first kappa shape index (κ1) is 20.2. The Balaban J connectivity index is 1.49. The summed E-state index contributed by atoms with van der Waals surface area (Å²) >= 11 is 2.60. The van der Waals surface area contributed by atoms with E-state index in [4.69, 9.17) is 0 Å². The van der Waals surface area contributed by atoms with Gasteiger partial charge in [-0.2, -0.15) is 0 Å². The number of rotatable bonds is 8. The summed E-state index contributed by atoms with van der Waals surface area (Å²) in [5.41, 5.74) is 2.88. The van der Waals surface area contributed by atoms with E-state index in [9.17, 15) is 9.59 Å². The molecule has 7 heteroatoms. The summed E-state index contributed by atoms with van der Waals surface area (Å²) in [6, 6.07) is 17.2. The van der Waals surface area contributed by atoms with Crippen LogP contribution < -0.4 is 5.32 Å². The fraction of sp³-hybridized carbons (Fsp3) is 0.238. The highest BCUT2D eigenvalue weighted by molar-refractivity contribution is 8.01. The molecule has 1 aromatic heterocycles. The molecule has 0 saturated heterocycles. The van der Waals surface area contributed by atoms with Crippen LogP contribution in [0.3, 0.4) is 0 Å². The third-order valence-electron chi connectivity index (χ3n) is 4.09. The zero-order valence-corrected chi connectivity index (χ0v) is 17.3. The highest BCUT2D eigenvalue weighted by Gasteiger charge is 2.12. The van der Waals surface area contributed by atoms with Crippen molar-refractivity contribution in [3.63, 3.8) is 0 Å². The average molecular weight is 412 g/mol. The summed E-state index contributed by atoms with van der Waals surface area (Å²) in [6.45, 7) is 4.28. The molecule has 0 saturated carbocycles. The van der Waals surface area contributed by atoms with E-state index in [1.807, 2.05) is 30.3 Å². The van der Waals surface area contributed by atoms with E-state index in [2.05, 4.69) is 41.5 Å². The third-order valence-corrected chi connectivity index (χ3v) is 6.06. The van der Waals surface area contributed by atoms with Crippen LogP contribution in [0.1, 0.15) is 41.3 Å². The first-order valence-corrected chi connectivity index (χ1v) is 10.7. The van der Waals surface area contributed by atoms with Crippen LogP contribution in [0.4, 0.5) is 5.13 Å². The van der Waals surface area contributed by atoms with Crippen molar-refractivity contribution in [3.8, 4) is 0 Å². The minimum Gasteiger partial charge on any atom is -0.300 e. The van der Waals surface area contributed by atoms with Gasteiger partial charge in [0.25, 0.3) is 0 Å². The molecule has 0 fully saturated rings. The molecule has 1 N–H and O–H groups in total. The van der Waals surface area contributed by atoms with Crippen molar-refractivity contribution in [2.45, 2.75) is 30.5 Å². The quantitative estimate of drug-likeness (QED) is 0.327. The first-order chi connectivity index (χ1) is 13.5. The van der Waals surface area contributed by atoms with Crippen LogP contribution in [0.25, 0.3) is 0 Å². The minimum atomic E-state index is -0.134. The van der Waals surface area contributed by atoms with Crippen LogP contribution >= 0.6 is 23.1 Å². The van der Waals surface area contributed by atoms with Gasteiger partial charge in [0.15, 0.2) is 10.1 Å². The largest absolute Gasteiger partial charge is 0.300 e. The van der Waals surface area contributed by atoms with E-state index in [1.54, 1.807) is 12.1 Å². The molecule has 1 heterocycles. The maximum atomic E-state index is 12.2. The highest BCUT2D eigenvalue weighted by Crippen LogP contribution is 2.26. The fourth-order valence-corrected chi connectivity index (χ4v) is 4.19. The molecular weight excluding hydrogens is 390 g/mol. The maximum absolute atomic E-state index is 12.2. The molecule has 0 bridgehead atoms. The lowest BCUT2D eigenvalue weighted by Gasteiger charge is -2.06. The molecule has 2 aromatic carbocycles. The predicted octanol–water partition coefficient (Wildman–Crippen LogP) is 4.82. The monoisotopic (exact) mass is 411 g/mol. The minimum absolute atomic E-state index is 0.0382. The maximum Gasteiger partial charge on any atom is 0.230 e. The predicted molar refractivity (Wildman–Crippen MR) is 114 cm³/mol. The van der Waals surface area contributed by atoms with Gasteiger partial charge in [-0.15, -0.1) is 10.2 Å². The van der Waals surface area contributed by atoms with Gasteiger partial charge in [0.2, 0.25) is 11.0 Å². The van der Waals surface area contributed by atoms with Crippen LogP contribution in [-0.2, 0) is 11.2 Å². The molecule has 0 atom stereocenters. The third kappa shape index (κ3) is 5.74. The summed E-state index contributed by atoms with van der Waals surface area (Å²) in [7, 11) is 0. The van der Waals surface area contributed by atoms with Crippen LogP contribution in [0.2, 0.25) is 0 Å². The number of anilines is 1. The molecule has 28 heavy (non-hydrogen) atoms. The molecule has 144 valence electrons. The first-order valence-electron chi connectivity index (χ1n) is 8.94. The molecule has 5 nitrogen and oxygen atoms in total. The summed E-state index contributed by atoms with van der Waals surface area (Å²) < 4.78 is 0.654. The van der Waals surface area contributed by atoms with Crippen molar-refractivity contribution in [3.05, 3.63) is 71.3 Å². The molecule has 0 spiro atoms. The number of carbonyl (C=O) groups is 2. The SMILES string of the molecule is CC(C)c1ccc(CC(=O)Nc2nnc(SCC(=O)c3ccccc3)s2)cc1. The van der Waals surface area contributed by atoms with Crippen molar-refractivity contribution in [2.75, 3.05) is 11.1 Å². The second kappa shape index (κ2) is 9.61. The zero-order chi connectivity index (χ0) is 19.9. The molecular formula is C21H21N3O2S2. The summed E-state index contributed by atoms with van der Waals surface area (Å²) in [6.07, 6.45) is 0.285. The number of carbonyl (C=O) groups excluding carboxylic acids is 2. The van der Waals surface area contributed by atoms with Crippen molar-refractivity contribution < 1.29 is 9.59 Å². The standard InChI is InChI=1S/C21H21N3O2S2/c1-14(2)16-10-8-15(9-11-16)12-19(26)22-20-23-24-21(28-20)27-13-18(25)17-6-4-3-5-7-17/h3-11,14H,12-13H2,1-2H3,(H,22,23,26). The second-order valence-corrected chi connectivity index (χ2v) is 8.77. The van der Waals surface area contributed by atoms with Crippen molar-refractivity contribution in [1.82, 2.24) is 10.2 Å². The average Bonchev–Trinajstić information content (AvgIpc) is 3.14. The Kier molecular flexibility index (Phi) is 6.95. The molecule has 1 amide bonds. The lowest BCUT2D eigenvalue weighted by molar-refractivity contribution is -0.115. The van der Waals surface area contributed by atoms with Gasteiger partial charge in [0, 0.05) is 5.56 Å². The molecule has 0 unspecified atom stereocenters. The van der Waals surface area contributed by atoms with E-state index in [1.165, 1.54) is 28.7 Å². The van der Waals surface area contributed by atoms with Gasteiger partial charge in [0.1, 0.15) is 0 Å². The number of thioether (sulfide) groups is 1. The molecule has 0 aliphatic carbocycles. The van der Waals surface area contributed by atoms with Crippen molar-refractivity contribution in [2.24, 2.45) is 0 Å². The Labute approximate surface area is 172 Å². The number of nitrogens with zero attached hydrogens (tertiary/aromatic N) is 2. The highest BCUT2D eigenvalue weighted by atomic mass is 32.2. The lowest BCUT2D eigenvalue weighted by Crippen LogP contribution is -2.14. The summed E-state index contributed by atoms with van der Waals surface area (Å²) in [5, 5.41) is 11.2. The lowest BCUT2D eigenvalue weighted by atomic mass is 10.0. The van der Waals surface area contributed by atoms with Gasteiger partial charge in [-0.05, 0) is 17.0 Å². The number of ketones is 1.